The third-order valence-electron chi connectivity index (χ3n) is 3.25. The summed E-state index contributed by atoms with van der Waals surface area (Å²) in [5.74, 6) is -0.294. The molecule has 1 amide bonds. The van der Waals surface area contributed by atoms with Crippen LogP contribution in [-0.4, -0.2) is 48.1 Å². The van der Waals surface area contributed by atoms with Gasteiger partial charge in [-0.1, -0.05) is 0 Å². The van der Waals surface area contributed by atoms with E-state index in [-0.39, 0.29) is 11.9 Å². The Morgan fingerprint density at radius 3 is 2.77 bits per heavy atom. The number of carbonyl (C=O) groups excluding carboxylic acids is 2. The van der Waals surface area contributed by atoms with E-state index in [9.17, 15) is 9.59 Å². The molecule has 1 aromatic carbocycles. The van der Waals surface area contributed by atoms with Gasteiger partial charge < -0.3 is 20.3 Å². The molecular formula is C15H19N3O3S. The van der Waals surface area contributed by atoms with Gasteiger partial charge in [0.25, 0.3) is 0 Å². The Bertz CT molecular complexity index is 560. The second kappa shape index (κ2) is 7.74. The maximum atomic E-state index is 11.6. The molecule has 1 aromatic rings. The fourth-order valence-electron chi connectivity index (χ4n) is 2.08. The van der Waals surface area contributed by atoms with Crippen molar-refractivity contribution in [2.24, 2.45) is 0 Å². The molecule has 0 aliphatic carbocycles. The zero-order valence-electron chi connectivity index (χ0n) is 12.4. The van der Waals surface area contributed by atoms with Crippen LogP contribution in [0.5, 0.6) is 0 Å². The molecule has 1 aliphatic rings. The fraction of sp³-hybridized carbons (Fsp3) is 0.400. The molecule has 1 fully saturated rings. The predicted molar refractivity (Wildman–Crippen MR) is 87.8 cm³/mol. The van der Waals surface area contributed by atoms with Crippen molar-refractivity contribution < 1.29 is 14.3 Å². The Morgan fingerprint density at radius 1 is 1.36 bits per heavy atom. The number of hydrogen-bond donors (Lipinski definition) is 2. The molecule has 7 heteroatoms. The summed E-state index contributed by atoms with van der Waals surface area (Å²) in [5, 5.41) is 6.49. The molecule has 0 aromatic heterocycles. The van der Waals surface area contributed by atoms with Gasteiger partial charge in [0, 0.05) is 31.7 Å². The third-order valence-corrected chi connectivity index (χ3v) is 3.61. The summed E-state index contributed by atoms with van der Waals surface area (Å²) < 4.78 is 4.94. The number of ether oxygens (including phenoxy) is 1. The molecule has 0 unspecified atom stereocenters. The maximum absolute atomic E-state index is 11.6. The van der Waals surface area contributed by atoms with Crippen LogP contribution >= 0.6 is 12.2 Å². The molecule has 0 radical (unpaired) electrons. The Balaban J connectivity index is 1.93. The molecule has 2 N–H and O–H groups in total. The van der Waals surface area contributed by atoms with Gasteiger partial charge in [0.1, 0.15) is 0 Å². The van der Waals surface area contributed by atoms with Crippen LogP contribution in [0.25, 0.3) is 0 Å². The van der Waals surface area contributed by atoms with Gasteiger partial charge in [-0.3, -0.25) is 4.79 Å². The van der Waals surface area contributed by atoms with Crippen molar-refractivity contribution in [3.05, 3.63) is 29.8 Å². The van der Waals surface area contributed by atoms with Gasteiger partial charge in [-0.2, -0.15) is 0 Å². The average Bonchev–Trinajstić information content (AvgIpc) is 2.73. The Labute approximate surface area is 134 Å². The number of benzene rings is 1. The third kappa shape index (κ3) is 4.42. The van der Waals surface area contributed by atoms with Crippen molar-refractivity contribution in [1.82, 2.24) is 10.2 Å². The van der Waals surface area contributed by atoms with Gasteiger partial charge in [0.2, 0.25) is 5.91 Å². The van der Waals surface area contributed by atoms with Crippen LogP contribution in [-0.2, 0) is 9.53 Å². The number of thiocarbonyl (C=S) groups is 1. The summed E-state index contributed by atoms with van der Waals surface area (Å²) in [6, 6.07) is 6.94. The first-order valence-corrected chi connectivity index (χ1v) is 7.61. The molecule has 1 heterocycles. The lowest BCUT2D eigenvalue weighted by Gasteiger charge is -2.23. The van der Waals surface area contributed by atoms with Crippen molar-refractivity contribution in [3.8, 4) is 0 Å². The summed E-state index contributed by atoms with van der Waals surface area (Å²) >= 11 is 5.36. The number of amides is 1. The van der Waals surface area contributed by atoms with Crippen molar-refractivity contribution in [2.75, 3.05) is 31.6 Å². The van der Waals surface area contributed by atoms with E-state index in [0.29, 0.717) is 43.3 Å². The lowest BCUT2D eigenvalue weighted by molar-refractivity contribution is -0.120. The molecule has 6 nitrogen and oxygen atoms in total. The number of anilines is 1. The Morgan fingerprint density at radius 2 is 2.09 bits per heavy atom. The van der Waals surface area contributed by atoms with Crippen LogP contribution in [0.15, 0.2) is 24.3 Å². The van der Waals surface area contributed by atoms with Gasteiger partial charge >= 0.3 is 5.97 Å². The summed E-state index contributed by atoms with van der Waals surface area (Å²) in [7, 11) is 0. The molecule has 0 spiro atoms. The van der Waals surface area contributed by atoms with Gasteiger partial charge in [-0.25, -0.2) is 4.79 Å². The van der Waals surface area contributed by atoms with Crippen LogP contribution < -0.4 is 10.6 Å². The van der Waals surface area contributed by atoms with Gasteiger partial charge in [-0.05, 0) is 43.4 Å². The quantitative estimate of drug-likeness (QED) is 0.647. The molecule has 118 valence electrons. The number of esters is 1. The summed E-state index contributed by atoms with van der Waals surface area (Å²) in [4.78, 5) is 24.8. The summed E-state index contributed by atoms with van der Waals surface area (Å²) in [6.45, 7) is 3.98. The fourth-order valence-corrected chi connectivity index (χ4v) is 2.38. The summed E-state index contributed by atoms with van der Waals surface area (Å²) in [5.41, 5.74) is 1.30. The monoisotopic (exact) mass is 321 g/mol. The maximum Gasteiger partial charge on any atom is 0.338 e. The first-order valence-electron chi connectivity index (χ1n) is 7.20. The van der Waals surface area contributed by atoms with Crippen LogP contribution in [0.1, 0.15) is 23.7 Å². The number of hydrogen-bond acceptors (Lipinski definition) is 4. The van der Waals surface area contributed by atoms with Gasteiger partial charge in [-0.15, -0.1) is 0 Å². The number of nitrogens with one attached hydrogen (secondary N) is 2. The second-order valence-corrected chi connectivity index (χ2v) is 5.20. The number of rotatable bonds is 3. The van der Waals surface area contributed by atoms with Crippen LogP contribution in [0.2, 0.25) is 0 Å². The van der Waals surface area contributed by atoms with Crippen molar-refractivity contribution in [3.63, 3.8) is 0 Å². The normalized spacial score (nSPS) is 14.8. The molecule has 2 rings (SSSR count). The standard InChI is InChI=1S/C15H19N3O3S/c1-2-21-14(20)11-3-5-12(6-4-11)17-15(22)18-9-7-13(19)16-8-10-18/h3-6H,2,7-10H2,1H3,(H,16,19)(H,17,22). The smallest absolute Gasteiger partial charge is 0.338 e. The zero-order valence-corrected chi connectivity index (χ0v) is 13.2. The van der Waals surface area contributed by atoms with E-state index in [1.807, 2.05) is 4.90 Å². The zero-order chi connectivity index (χ0) is 15.9. The van der Waals surface area contributed by atoms with E-state index in [0.717, 1.165) is 5.69 Å². The van der Waals surface area contributed by atoms with E-state index in [1.54, 1.807) is 31.2 Å². The predicted octanol–water partition coefficient (Wildman–Crippen LogP) is 1.38. The highest BCUT2D eigenvalue weighted by Crippen LogP contribution is 2.12. The van der Waals surface area contributed by atoms with Crippen LogP contribution in [0.3, 0.4) is 0 Å². The topological polar surface area (TPSA) is 70.7 Å². The minimum Gasteiger partial charge on any atom is -0.462 e. The molecular weight excluding hydrogens is 302 g/mol. The SMILES string of the molecule is CCOC(=O)c1ccc(NC(=S)N2CCNC(=O)CC2)cc1. The summed E-state index contributed by atoms with van der Waals surface area (Å²) in [6.07, 6.45) is 0.434. The van der Waals surface area contributed by atoms with Crippen LogP contribution in [0.4, 0.5) is 5.69 Å². The molecule has 22 heavy (non-hydrogen) atoms. The van der Waals surface area contributed by atoms with Gasteiger partial charge in [0.15, 0.2) is 5.11 Å². The molecule has 1 saturated heterocycles. The number of carbonyl (C=O) groups is 2. The number of nitrogens with zero attached hydrogens (tertiary/aromatic N) is 1. The molecule has 0 atom stereocenters. The minimum atomic E-state index is -0.339. The van der Waals surface area contributed by atoms with E-state index in [2.05, 4.69) is 10.6 Å². The van der Waals surface area contributed by atoms with Crippen LogP contribution in [0, 0.1) is 0 Å². The lowest BCUT2D eigenvalue weighted by Crippen LogP contribution is -2.37. The minimum absolute atomic E-state index is 0.0455. The molecule has 0 bridgehead atoms. The molecule has 1 aliphatic heterocycles. The van der Waals surface area contributed by atoms with E-state index in [4.69, 9.17) is 17.0 Å². The highest BCUT2D eigenvalue weighted by atomic mass is 32.1. The van der Waals surface area contributed by atoms with E-state index < -0.39 is 0 Å². The first kappa shape index (κ1) is 16.2. The Kier molecular flexibility index (Phi) is 5.71. The highest BCUT2D eigenvalue weighted by molar-refractivity contribution is 7.80. The van der Waals surface area contributed by atoms with Crippen molar-refractivity contribution >= 4 is 34.9 Å². The average molecular weight is 321 g/mol. The largest absolute Gasteiger partial charge is 0.462 e. The lowest BCUT2D eigenvalue weighted by atomic mass is 10.2. The van der Waals surface area contributed by atoms with Gasteiger partial charge in [0.05, 0.1) is 12.2 Å². The second-order valence-electron chi connectivity index (χ2n) is 4.81. The molecule has 0 saturated carbocycles. The van der Waals surface area contributed by atoms with Crippen molar-refractivity contribution in [1.29, 1.82) is 0 Å². The Hall–Kier alpha value is -2.15. The van der Waals surface area contributed by atoms with Crippen molar-refractivity contribution in [2.45, 2.75) is 13.3 Å². The first-order chi connectivity index (χ1) is 10.6. The van der Waals surface area contributed by atoms with E-state index in [1.165, 1.54) is 0 Å². The highest BCUT2D eigenvalue weighted by Gasteiger charge is 2.16. The van der Waals surface area contributed by atoms with E-state index >= 15 is 0 Å².